The molecule has 0 unspecified atom stereocenters. The van der Waals surface area contributed by atoms with Crippen molar-refractivity contribution in [2.24, 2.45) is 0 Å². The number of halogens is 1. The summed E-state index contributed by atoms with van der Waals surface area (Å²) >= 11 is 4.55. The number of hydrogen-bond acceptors (Lipinski definition) is 0. The molecule has 0 fully saturated rings. The second-order valence-corrected chi connectivity index (χ2v) is 17.3. The first kappa shape index (κ1) is 22.0. The zero-order valence-electron chi connectivity index (χ0n) is 17.9. The fraction of sp³-hybridized carbons (Fsp3) is 0.172. The van der Waals surface area contributed by atoms with Crippen LogP contribution in [-0.4, -0.2) is 6.16 Å². The minimum atomic E-state index is -2.75. The summed E-state index contributed by atoms with van der Waals surface area (Å²) in [6, 6.07) is 44.2. The van der Waals surface area contributed by atoms with Crippen molar-refractivity contribution in [2.45, 2.75) is 25.7 Å². The topological polar surface area (TPSA) is 0 Å². The van der Waals surface area contributed by atoms with E-state index in [2.05, 4.69) is 137 Å². The number of benzene rings is 4. The predicted molar refractivity (Wildman–Crippen MR) is 143 cm³/mol. The second kappa shape index (κ2) is 9.94. The van der Waals surface area contributed by atoms with E-state index in [1.165, 1.54) is 40.7 Å². The molecule has 0 heterocycles. The van der Waals surface area contributed by atoms with E-state index in [-0.39, 0.29) is 0 Å². The Labute approximate surface area is 195 Å². The van der Waals surface area contributed by atoms with Gasteiger partial charge in [-0.15, -0.1) is 0 Å². The van der Waals surface area contributed by atoms with Crippen LogP contribution < -0.4 is 15.9 Å². The van der Waals surface area contributed by atoms with Gasteiger partial charge in [-0.25, -0.2) is 0 Å². The van der Waals surface area contributed by atoms with Crippen molar-refractivity contribution in [3.05, 3.63) is 127 Å². The van der Waals surface area contributed by atoms with Crippen LogP contribution in [0.5, 0.6) is 0 Å². The first-order valence-corrected chi connectivity index (χ1v) is 15.6. The van der Waals surface area contributed by atoms with E-state index in [4.69, 9.17) is 0 Å². The van der Waals surface area contributed by atoms with E-state index < -0.39 is 5.31 Å². The molecule has 4 rings (SSSR count). The molecule has 31 heavy (non-hydrogen) atoms. The zero-order chi connectivity index (χ0) is 21.4. The van der Waals surface area contributed by atoms with Crippen LogP contribution in [0.25, 0.3) is 0 Å². The van der Waals surface area contributed by atoms with Crippen LogP contribution in [0.3, 0.4) is 0 Å². The van der Waals surface area contributed by atoms with Crippen LogP contribution in [-0.2, 0) is 6.42 Å². The van der Waals surface area contributed by atoms with Gasteiger partial charge in [-0.1, -0.05) is 0 Å². The molecule has 0 amide bonds. The second-order valence-electron chi connectivity index (χ2n) is 8.21. The van der Waals surface area contributed by atoms with Crippen molar-refractivity contribution in [3.63, 3.8) is 0 Å². The summed E-state index contributed by atoms with van der Waals surface area (Å²) < 4.78 is 0. The quantitative estimate of drug-likeness (QED) is 0.172. The molecule has 0 atom stereocenters. The van der Waals surface area contributed by atoms with Crippen molar-refractivity contribution < 1.29 is 0 Å². The fourth-order valence-corrected chi connectivity index (χ4v) is 12.4. The Kier molecular flexibility index (Phi) is 7.06. The molecule has 0 N–H and O–H groups in total. The van der Waals surface area contributed by atoms with Crippen molar-refractivity contribution in [1.82, 2.24) is 0 Å². The molecule has 4 aromatic carbocycles. The van der Waals surface area contributed by atoms with E-state index in [0.29, 0.717) is 0 Å². The normalized spacial score (nSPS) is 12.7. The predicted octanol–water partition coefficient (Wildman–Crippen LogP) is 7.24. The zero-order valence-corrected chi connectivity index (χ0v) is 20.4. The van der Waals surface area contributed by atoms with Crippen molar-refractivity contribution in [1.29, 1.82) is 0 Å². The molecule has 0 aromatic heterocycles. The molecule has 0 aliphatic rings. The van der Waals surface area contributed by atoms with E-state index in [0.717, 1.165) is 12.6 Å². The SMILES string of the molecule is BrP(CCCCCc1ccccc1)(c1ccccc1)(c1ccccc1)c1ccccc1. The van der Waals surface area contributed by atoms with Gasteiger partial charge in [0, 0.05) is 0 Å². The number of rotatable bonds is 9. The van der Waals surface area contributed by atoms with Crippen molar-refractivity contribution in [2.75, 3.05) is 6.16 Å². The molecule has 0 bridgehead atoms. The molecule has 0 aliphatic carbocycles. The van der Waals surface area contributed by atoms with Crippen LogP contribution in [0, 0.1) is 0 Å². The third-order valence-corrected chi connectivity index (χ3v) is 16.3. The standard InChI is InChI=1S/C29H30BrP/c30-31(27-19-9-2-10-20-27,28-21-11-3-12-22-28,29-23-13-4-14-24-29)25-15-5-8-18-26-16-6-1-7-17-26/h1-4,6-7,9-14,16-17,19-24H,5,8,15,18,25H2. The Hall–Kier alpha value is -2.21. The Morgan fingerprint density at radius 2 is 0.839 bits per heavy atom. The molecule has 2 heteroatoms. The number of hydrogen-bond donors (Lipinski definition) is 0. The van der Waals surface area contributed by atoms with Crippen LogP contribution in [0.15, 0.2) is 121 Å². The van der Waals surface area contributed by atoms with E-state index in [1.54, 1.807) is 0 Å². The van der Waals surface area contributed by atoms with Crippen molar-refractivity contribution >= 4 is 36.7 Å². The van der Waals surface area contributed by atoms with Gasteiger partial charge in [0.05, 0.1) is 0 Å². The van der Waals surface area contributed by atoms with Gasteiger partial charge >= 0.3 is 195 Å². The third kappa shape index (κ3) is 4.54. The Morgan fingerprint density at radius 3 is 1.26 bits per heavy atom. The van der Waals surface area contributed by atoms with Crippen molar-refractivity contribution in [3.8, 4) is 0 Å². The summed E-state index contributed by atoms with van der Waals surface area (Å²) in [6.07, 6.45) is 5.92. The molecule has 4 aromatic rings. The van der Waals surface area contributed by atoms with E-state index in [1.807, 2.05) is 0 Å². The molecular weight excluding hydrogens is 459 g/mol. The summed E-state index contributed by atoms with van der Waals surface area (Å²) in [4.78, 5) is 0. The Balaban J connectivity index is 1.69. The van der Waals surface area contributed by atoms with E-state index >= 15 is 0 Å². The maximum atomic E-state index is 4.55. The van der Waals surface area contributed by atoms with Gasteiger partial charge in [-0.2, -0.15) is 0 Å². The van der Waals surface area contributed by atoms with Crippen LogP contribution in [0.1, 0.15) is 24.8 Å². The van der Waals surface area contributed by atoms with Gasteiger partial charge in [0.15, 0.2) is 0 Å². The van der Waals surface area contributed by atoms with Gasteiger partial charge in [-0.05, 0) is 0 Å². The fourth-order valence-electron chi connectivity index (χ4n) is 4.61. The summed E-state index contributed by atoms with van der Waals surface area (Å²) in [6.45, 7) is 0. The molecule has 0 radical (unpaired) electrons. The summed E-state index contributed by atoms with van der Waals surface area (Å²) in [5, 5.41) is 1.48. The molecule has 0 aliphatic heterocycles. The average molecular weight is 489 g/mol. The monoisotopic (exact) mass is 488 g/mol. The van der Waals surface area contributed by atoms with Crippen LogP contribution >= 0.6 is 20.8 Å². The van der Waals surface area contributed by atoms with Gasteiger partial charge in [0.2, 0.25) is 0 Å². The van der Waals surface area contributed by atoms with Crippen LogP contribution in [0.2, 0.25) is 0 Å². The third-order valence-electron chi connectivity index (χ3n) is 6.27. The first-order chi connectivity index (χ1) is 15.2. The summed E-state index contributed by atoms with van der Waals surface area (Å²) in [5.41, 5.74) is 1.44. The molecule has 158 valence electrons. The molecule has 0 nitrogen and oxygen atoms in total. The average Bonchev–Trinajstić information content (AvgIpc) is 2.86. The number of aryl methyl sites for hydroxylation is 1. The first-order valence-electron chi connectivity index (χ1n) is 11.2. The minimum absolute atomic E-state index is 1.12. The molecule has 0 spiro atoms. The van der Waals surface area contributed by atoms with Gasteiger partial charge in [-0.3, -0.25) is 0 Å². The van der Waals surface area contributed by atoms with Crippen LogP contribution in [0.4, 0.5) is 0 Å². The summed E-state index contributed by atoms with van der Waals surface area (Å²) in [5.74, 6) is 0. The molecule has 0 saturated carbocycles. The van der Waals surface area contributed by atoms with Gasteiger partial charge < -0.3 is 0 Å². The summed E-state index contributed by atoms with van der Waals surface area (Å²) in [7, 11) is 0. The Morgan fingerprint density at radius 1 is 0.452 bits per heavy atom. The van der Waals surface area contributed by atoms with Gasteiger partial charge in [0.1, 0.15) is 0 Å². The Bertz CT molecular complexity index is 963. The number of unbranched alkanes of at least 4 members (excludes halogenated alkanes) is 2. The maximum absolute atomic E-state index is 4.55. The molecular formula is C29H30BrP. The van der Waals surface area contributed by atoms with Gasteiger partial charge in [0.25, 0.3) is 0 Å². The van der Waals surface area contributed by atoms with E-state index in [9.17, 15) is 0 Å². The molecule has 0 saturated heterocycles.